The lowest BCUT2D eigenvalue weighted by molar-refractivity contribution is -0.117. The minimum Gasteiger partial charge on any atom is -0.497 e. The Hall–Kier alpha value is -2.95. The Balaban J connectivity index is 1.79. The third-order valence-electron chi connectivity index (χ3n) is 4.60. The highest BCUT2D eigenvalue weighted by Crippen LogP contribution is 2.38. The zero-order valence-corrected chi connectivity index (χ0v) is 16.1. The predicted molar refractivity (Wildman–Crippen MR) is 106 cm³/mol. The first-order valence-electron chi connectivity index (χ1n) is 8.93. The molecule has 1 aromatic carbocycles. The van der Waals surface area contributed by atoms with Crippen LogP contribution in [0.25, 0.3) is 0 Å². The summed E-state index contributed by atoms with van der Waals surface area (Å²) in [6, 6.07) is 7.37. The maximum absolute atomic E-state index is 12.3. The fourth-order valence-corrected chi connectivity index (χ4v) is 3.28. The molecule has 1 N–H and O–H groups in total. The fraction of sp³-hybridized carbons (Fsp3) is 0.318. The van der Waals surface area contributed by atoms with Crippen molar-refractivity contribution in [1.29, 1.82) is 0 Å². The molecule has 5 heteroatoms. The van der Waals surface area contributed by atoms with E-state index in [1.807, 2.05) is 36.4 Å². The molecule has 5 nitrogen and oxygen atoms in total. The minimum atomic E-state index is -0.244. The number of carbonyl (C=O) groups is 2. The Bertz CT molecular complexity index is 898. The number of nitrogens with one attached hydrogen (secondary N) is 1. The van der Waals surface area contributed by atoms with E-state index in [0.717, 1.165) is 16.8 Å². The highest BCUT2D eigenvalue weighted by Gasteiger charge is 2.32. The zero-order chi connectivity index (χ0) is 19.6. The third-order valence-corrected chi connectivity index (χ3v) is 4.60. The van der Waals surface area contributed by atoms with Gasteiger partial charge in [0, 0.05) is 17.7 Å². The number of fused-ring (bicyclic) bond motifs is 1. The summed E-state index contributed by atoms with van der Waals surface area (Å²) < 4.78 is 5.18. The van der Waals surface area contributed by atoms with Crippen molar-refractivity contribution in [3.63, 3.8) is 0 Å². The molecule has 1 unspecified atom stereocenters. The molecule has 27 heavy (non-hydrogen) atoms. The number of amides is 2. The van der Waals surface area contributed by atoms with Crippen molar-refractivity contribution in [2.75, 3.05) is 7.11 Å². The first-order valence-corrected chi connectivity index (χ1v) is 8.93. The van der Waals surface area contributed by atoms with Crippen molar-refractivity contribution in [3.05, 3.63) is 65.4 Å². The quantitative estimate of drug-likeness (QED) is 0.894. The van der Waals surface area contributed by atoms with Crippen LogP contribution in [0, 0.1) is 11.3 Å². The van der Waals surface area contributed by atoms with Gasteiger partial charge in [0.05, 0.1) is 19.2 Å². The summed E-state index contributed by atoms with van der Waals surface area (Å²) in [5.74, 6) is 0.337. The van der Waals surface area contributed by atoms with Gasteiger partial charge in [0.15, 0.2) is 0 Å². The standard InChI is InChI=1S/C22H24N2O3/c1-22(2,3)18-13-21(26)24-19-12-15(8-9-17(18)19)23-20(25)11-14-6-5-7-16(10-14)27-4/h5-10,12-13,17H,11H2,1-4H3,(H,24,26). The Labute approximate surface area is 159 Å². The Morgan fingerprint density at radius 2 is 2.04 bits per heavy atom. The molecule has 0 spiro atoms. The first kappa shape index (κ1) is 18.8. The molecule has 1 aliphatic heterocycles. The number of carbonyl (C=O) groups excluding carboxylic acids is 2. The fourth-order valence-electron chi connectivity index (χ4n) is 3.28. The van der Waals surface area contributed by atoms with Gasteiger partial charge < -0.3 is 10.1 Å². The van der Waals surface area contributed by atoms with E-state index in [1.54, 1.807) is 19.3 Å². The number of aliphatic imine (C=N–C) groups is 1. The molecule has 2 amide bonds. The molecule has 0 fully saturated rings. The van der Waals surface area contributed by atoms with Gasteiger partial charge >= 0.3 is 0 Å². The van der Waals surface area contributed by atoms with Gasteiger partial charge in [0.25, 0.3) is 5.91 Å². The number of allylic oxidation sites excluding steroid dienone is 3. The lowest BCUT2D eigenvalue weighted by Gasteiger charge is -2.34. The number of ether oxygens (including phenoxy) is 1. The lowest BCUT2D eigenvalue weighted by atomic mass is 9.74. The van der Waals surface area contributed by atoms with Gasteiger partial charge in [0.2, 0.25) is 5.91 Å². The summed E-state index contributed by atoms with van der Waals surface area (Å²) in [6.45, 7) is 6.26. The Kier molecular flexibility index (Phi) is 5.13. The van der Waals surface area contributed by atoms with Crippen molar-refractivity contribution in [1.82, 2.24) is 5.32 Å². The van der Waals surface area contributed by atoms with Gasteiger partial charge in [0.1, 0.15) is 5.75 Å². The Morgan fingerprint density at radius 1 is 1.26 bits per heavy atom. The topological polar surface area (TPSA) is 67.8 Å². The lowest BCUT2D eigenvalue weighted by Crippen LogP contribution is -2.36. The maximum Gasteiger partial charge on any atom is 0.250 e. The van der Waals surface area contributed by atoms with E-state index in [4.69, 9.17) is 4.74 Å². The van der Waals surface area contributed by atoms with Gasteiger partial charge in [-0.25, -0.2) is 4.99 Å². The number of rotatable bonds is 3. The van der Waals surface area contributed by atoms with E-state index in [2.05, 4.69) is 31.1 Å². The molecule has 1 aromatic rings. The second-order valence-corrected chi connectivity index (χ2v) is 7.73. The predicted octanol–water partition coefficient (Wildman–Crippen LogP) is 3.38. The van der Waals surface area contributed by atoms with E-state index in [-0.39, 0.29) is 29.6 Å². The zero-order valence-electron chi connectivity index (χ0n) is 16.1. The number of nitrogens with zero attached hydrogens (tertiary/aromatic N) is 1. The van der Waals surface area contributed by atoms with Crippen molar-refractivity contribution in [2.24, 2.45) is 16.3 Å². The smallest absolute Gasteiger partial charge is 0.250 e. The van der Waals surface area contributed by atoms with E-state index >= 15 is 0 Å². The van der Waals surface area contributed by atoms with Gasteiger partial charge in [-0.15, -0.1) is 0 Å². The van der Waals surface area contributed by atoms with E-state index < -0.39 is 0 Å². The van der Waals surface area contributed by atoms with Crippen LogP contribution < -0.4 is 10.1 Å². The van der Waals surface area contributed by atoms with E-state index in [1.165, 1.54) is 0 Å². The van der Waals surface area contributed by atoms with Crippen LogP contribution in [0.4, 0.5) is 0 Å². The van der Waals surface area contributed by atoms with E-state index in [9.17, 15) is 9.59 Å². The maximum atomic E-state index is 12.3. The second-order valence-electron chi connectivity index (χ2n) is 7.73. The summed E-state index contributed by atoms with van der Waals surface area (Å²) in [5.41, 5.74) is 3.09. The van der Waals surface area contributed by atoms with Crippen LogP contribution in [-0.4, -0.2) is 24.6 Å². The molecule has 1 atom stereocenters. The summed E-state index contributed by atoms with van der Waals surface area (Å²) in [6.07, 6.45) is 7.48. The summed E-state index contributed by atoms with van der Waals surface area (Å²) in [4.78, 5) is 28.6. The molecule has 140 valence electrons. The van der Waals surface area contributed by atoms with E-state index in [0.29, 0.717) is 11.5 Å². The van der Waals surface area contributed by atoms with Crippen LogP contribution in [0.15, 0.2) is 64.8 Å². The highest BCUT2D eigenvalue weighted by molar-refractivity contribution is 6.11. The van der Waals surface area contributed by atoms with Gasteiger partial charge in [-0.1, -0.05) is 39.0 Å². The first-order chi connectivity index (χ1) is 12.8. The van der Waals surface area contributed by atoms with Crippen LogP contribution in [0.2, 0.25) is 0 Å². The molecule has 2 aliphatic rings. The van der Waals surface area contributed by atoms with Crippen molar-refractivity contribution < 1.29 is 14.3 Å². The average molecular weight is 364 g/mol. The number of methoxy groups -OCH3 is 1. The summed E-state index contributed by atoms with van der Waals surface area (Å²) in [7, 11) is 1.59. The second kappa shape index (κ2) is 7.35. The monoisotopic (exact) mass is 364 g/mol. The molecular formula is C22H24N2O3. The summed E-state index contributed by atoms with van der Waals surface area (Å²) >= 11 is 0. The number of hydrogen-bond donors (Lipinski definition) is 1. The van der Waals surface area contributed by atoms with Crippen molar-refractivity contribution in [3.8, 4) is 5.75 Å². The van der Waals surface area contributed by atoms with Crippen LogP contribution in [-0.2, 0) is 16.0 Å². The molecule has 1 aliphatic carbocycles. The molecule has 1 heterocycles. The largest absolute Gasteiger partial charge is 0.497 e. The van der Waals surface area contributed by atoms with Gasteiger partial charge in [-0.05, 0) is 40.8 Å². The van der Waals surface area contributed by atoms with Crippen LogP contribution in [0.1, 0.15) is 26.3 Å². The van der Waals surface area contributed by atoms with Gasteiger partial charge in [-0.3, -0.25) is 9.59 Å². The SMILES string of the molecule is COc1cccc(CC(=O)N=C2C=CC3C(=C2)NC(=O)C=C3C(C)(C)C)c1. The molecule has 0 radical (unpaired) electrons. The molecule has 0 saturated carbocycles. The van der Waals surface area contributed by atoms with Gasteiger partial charge in [-0.2, -0.15) is 0 Å². The highest BCUT2D eigenvalue weighted by atomic mass is 16.5. The van der Waals surface area contributed by atoms with Crippen molar-refractivity contribution in [2.45, 2.75) is 27.2 Å². The molecule has 0 saturated heterocycles. The average Bonchev–Trinajstić information content (AvgIpc) is 2.60. The number of hydrogen-bond acceptors (Lipinski definition) is 3. The molecule has 0 bridgehead atoms. The van der Waals surface area contributed by atoms with Crippen LogP contribution >= 0.6 is 0 Å². The molecule has 0 aromatic heterocycles. The number of benzene rings is 1. The third kappa shape index (κ3) is 4.42. The molecule has 3 rings (SSSR count). The van der Waals surface area contributed by atoms with Crippen LogP contribution in [0.5, 0.6) is 5.75 Å². The van der Waals surface area contributed by atoms with Crippen LogP contribution in [0.3, 0.4) is 0 Å². The Morgan fingerprint density at radius 3 is 2.74 bits per heavy atom. The minimum absolute atomic E-state index is 0.00939. The normalized spacial score (nSPS) is 20.5. The summed E-state index contributed by atoms with van der Waals surface area (Å²) in [5, 5.41) is 2.87. The molecular weight excluding hydrogens is 340 g/mol. The van der Waals surface area contributed by atoms with Crippen molar-refractivity contribution >= 4 is 17.5 Å².